The number of halogens is 1. The third kappa shape index (κ3) is 1.83. The molecule has 98 valence electrons. The Kier molecular flexibility index (Phi) is 3.03. The summed E-state index contributed by atoms with van der Waals surface area (Å²) in [5.41, 5.74) is 9.72. The minimum absolute atomic E-state index is 0.0173. The zero-order valence-corrected chi connectivity index (χ0v) is 11.4. The van der Waals surface area contributed by atoms with Crippen molar-refractivity contribution in [2.45, 2.75) is 50.4 Å². The first-order valence-electron chi connectivity index (χ1n) is 6.92. The Balaban J connectivity index is 2.19. The second-order valence-electron chi connectivity index (χ2n) is 5.76. The Morgan fingerprint density at radius 2 is 1.94 bits per heavy atom. The summed E-state index contributed by atoms with van der Waals surface area (Å²) >= 11 is 6.20. The molecule has 0 bridgehead atoms. The lowest BCUT2D eigenvalue weighted by Crippen LogP contribution is -2.22. The largest absolute Gasteiger partial charge is 0.506 e. The van der Waals surface area contributed by atoms with Gasteiger partial charge in [-0.2, -0.15) is 0 Å². The summed E-state index contributed by atoms with van der Waals surface area (Å²) in [6.07, 6.45) is 8.03. The predicted octanol–water partition coefficient (Wildman–Crippen LogP) is 3.30. The van der Waals surface area contributed by atoms with Crippen LogP contribution < -0.4 is 5.73 Å². The van der Waals surface area contributed by atoms with Gasteiger partial charge >= 0.3 is 0 Å². The molecule has 0 radical (unpaired) electrons. The van der Waals surface area contributed by atoms with Gasteiger partial charge in [-0.05, 0) is 55.7 Å². The molecule has 1 fully saturated rings. The van der Waals surface area contributed by atoms with Gasteiger partial charge in [0.25, 0.3) is 0 Å². The molecule has 2 aliphatic carbocycles. The van der Waals surface area contributed by atoms with Crippen LogP contribution in [0.15, 0.2) is 6.07 Å². The van der Waals surface area contributed by atoms with Crippen molar-refractivity contribution >= 4 is 11.6 Å². The summed E-state index contributed by atoms with van der Waals surface area (Å²) in [5, 5.41) is 10.9. The maximum atomic E-state index is 10.4. The van der Waals surface area contributed by atoms with E-state index >= 15 is 0 Å². The third-order valence-electron chi connectivity index (χ3n) is 4.60. The van der Waals surface area contributed by atoms with E-state index in [4.69, 9.17) is 17.3 Å². The fourth-order valence-electron chi connectivity index (χ4n) is 3.31. The number of aromatic hydroxyl groups is 1. The quantitative estimate of drug-likeness (QED) is 0.806. The highest BCUT2D eigenvalue weighted by Gasteiger charge is 2.47. The average molecular weight is 266 g/mol. The van der Waals surface area contributed by atoms with E-state index in [1.165, 1.54) is 30.4 Å². The molecule has 0 aliphatic heterocycles. The zero-order valence-electron chi connectivity index (χ0n) is 10.6. The third-order valence-corrected chi connectivity index (χ3v) is 4.89. The maximum Gasteiger partial charge on any atom is 0.138 e. The molecule has 2 aliphatic rings. The van der Waals surface area contributed by atoms with Crippen LogP contribution in [0.4, 0.5) is 0 Å². The number of aryl methyl sites for hydroxylation is 1. The average Bonchev–Trinajstić information content (AvgIpc) is 3.15. The number of benzene rings is 1. The topological polar surface area (TPSA) is 46.2 Å². The van der Waals surface area contributed by atoms with Crippen LogP contribution in [0.1, 0.15) is 48.8 Å². The van der Waals surface area contributed by atoms with Crippen molar-refractivity contribution in [2.75, 3.05) is 6.54 Å². The summed E-state index contributed by atoms with van der Waals surface area (Å²) in [4.78, 5) is 0. The molecule has 3 rings (SSSR count). The number of rotatable bonds is 2. The Morgan fingerprint density at radius 3 is 2.61 bits per heavy atom. The van der Waals surface area contributed by atoms with E-state index in [1.54, 1.807) is 0 Å². The molecule has 18 heavy (non-hydrogen) atoms. The molecule has 0 atom stereocenters. The van der Waals surface area contributed by atoms with Gasteiger partial charge in [0.2, 0.25) is 0 Å². The van der Waals surface area contributed by atoms with E-state index < -0.39 is 0 Å². The van der Waals surface area contributed by atoms with E-state index in [9.17, 15) is 5.11 Å². The molecule has 0 saturated heterocycles. The van der Waals surface area contributed by atoms with Crippen LogP contribution in [-0.2, 0) is 18.3 Å². The standard InChI is InChI=1S/C15H20ClNO/c16-12-8-10-4-2-1-3-5-11(10)13(14(12)18)15(9-17)6-7-15/h8,18H,1-7,9,17H2. The molecule has 3 N–H and O–H groups in total. The lowest BCUT2D eigenvalue weighted by molar-refractivity contribution is 0.457. The van der Waals surface area contributed by atoms with Crippen molar-refractivity contribution in [1.82, 2.24) is 0 Å². The van der Waals surface area contributed by atoms with Crippen LogP contribution in [0.2, 0.25) is 5.02 Å². The molecule has 0 unspecified atom stereocenters. The molecule has 1 aromatic rings. The van der Waals surface area contributed by atoms with Crippen molar-refractivity contribution in [3.05, 3.63) is 27.8 Å². The highest BCUT2D eigenvalue weighted by Crippen LogP contribution is 2.54. The van der Waals surface area contributed by atoms with Gasteiger partial charge in [-0.3, -0.25) is 0 Å². The molecule has 1 saturated carbocycles. The van der Waals surface area contributed by atoms with Crippen molar-refractivity contribution in [3.8, 4) is 5.75 Å². The summed E-state index contributed by atoms with van der Waals surface area (Å²) in [5.74, 6) is 0.292. The molecule has 1 aromatic carbocycles. The van der Waals surface area contributed by atoms with Crippen LogP contribution >= 0.6 is 11.6 Å². The normalized spacial score (nSPS) is 21.2. The maximum absolute atomic E-state index is 10.4. The van der Waals surface area contributed by atoms with Crippen molar-refractivity contribution in [1.29, 1.82) is 0 Å². The number of hydrogen-bond donors (Lipinski definition) is 2. The first kappa shape index (κ1) is 12.3. The fourth-order valence-corrected chi connectivity index (χ4v) is 3.54. The van der Waals surface area contributed by atoms with Crippen molar-refractivity contribution < 1.29 is 5.11 Å². The zero-order chi connectivity index (χ0) is 12.8. The number of phenols is 1. The minimum atomic E-state index is 0.0173. The van der Waals surface area contributed by atoms with Crippen LogP contribution in [0.3, 0.4) is 0 Å². The summed E-state index contributed by atoms with van der Waals surface area (Å²) in [6.45, 7) is 0.618. The van der Waals surface area contributed by atoms with E-state index in [0.717, 1.165) is 31.2 Å². The Morgan fingerprint density at radius 1 is 1.22 bits per heavy atom. The van der Waals surface area contributed by atoms with Crippen LogP contribution in [0, 0.1) is 0 Å². The van der Waals surface area contributed by atoms with Gasteiger partial charge in [-0.25, -0.2) is 0 Å². The SMILES string of the molecule is NCC1(c2c(O)c(Cl)cc3c2CCCCC3)CC1. The monoisotopic (exact) mass is 265 g/mol. The molecule has 0 aromatic heterocycles. The second-order valence-corrected chi connectivity index (χ2v) is 6.17. The lowest BCUT2D eigenvalue weighted by Gasteiger charge is -2.22. The van der Waals surface area contributed by atoms with Gasteiger partial charge in [-0.15, -0.1) is 0 Å². The minimum Gasteiger partial charge on any atom is -0.506 e. The Labute approximate surface area is 113 Å². The number of nitrogens with two attached hydrogens (primary N) is 1. The smallest absolute Gasteiger partial charge is 0.138 e. The lowest BCUT2D eigenvalue weighted by atomic mass is 9.86. The van der Waals surface area contributed by atoms with Crippen LogP contribution in [0.25, 0.3) is 0 Å². The van der Waals surface area contributed by atoms with Gasteiger partial charge in [-0.1, -0.05) is 18.0 Å². The number of hydrogen-bond acceptors (Lipinski definition) is 2. The molecule has 0 spiro atoms. The van der Waals surface area contributed by atoms with Gasteiger partial charge in [0.15, 0.2) is 0 Å². The number of phenolic OH excluding ortho intramolecular Hbond substituents is 1. The van der Waals surface area contributed by atoms with Gasteiger partial charge in [0.05, 0.1) is 5.02 Å². The van der Waals surface area contributed by atoms with E-state index in [0.29, 0.717) is 17.3 Å². The molecule has 0 amide bonds. The second kappa shape index (κ2) is 4.43. The first-order chi connectivity index (χ1) is 8.68. The highest BCUT2D eigenvalue weighted by atomic mass is 35.5. The molecule has 0 heterocycles. The Bertz CT molecular complexity index is 480. The van der Waals surface area contributed by atoms with Crippen LogP contribution in [0.5, 0.6) is 5.75 Å². The predicted molar refractivity (Wildman–Crippen MR) is 74.3 cm³/mol. The molecule has 3 heteroatoms. The molecule has 2 nitrogen and oxygen atoms in total. The first-order valence-corrected chi connectivity index (χ1v) is 7.29. The molecular formula is C15H20ClNO. The van der Waals surface area contributed by atoms with Gasteiger partial charge in [0.1, 0.15) is 5.75 Å². The van der Waals surface area contributed by atoms with E-state index in [-0.39, 0.29) is 5.41 Å². The van der Waals surface area contributed by atoms with E-state index in [2.05, 4.69) is 0 Å². The van der Waals surface area contributed by atoms with Crippen molar-refractivity contribution in [3.63, 3.8) is 0 Å². The van der Waals surface area contributed by atoms with Gasteiger partial charge < -0.3 is 10.8 Å². The van der Waals surface area contributed by atoms with Gasteiger partial charge in [0, 0.05) is 17.5 Å². The summed E-state index contributed by atoms with van der Waals surface area (Å²) < 4.78 is 0. The summed E-state index contributed by atoms with van der Waals surface area (Å²) in [7, 11) is 0. The van der Waals surface area contributed by atoms with E-state index in [1.807, 2.05) is 6.07 Å². The highest BCUT2D eigenvalue weighted by molar-refractivity contribution is 6.32. The number of fused-ring (bicyclic) bond motifs is 1. The Hall–Kier alpha value is -0.730. The fraction of sp³-hybridized carbons (Fsp3) is 0.600. The van der Waals surface area contributed by atoms with Crippen molar-refractivity contribution in [2.24, 2.45) is 5.73 Å². The van der Waals surface area contributed by atoms with Crippen LogP contribution in [-0.4, -0.2) is 11.7 Å². The molecular weight excluding hydrogens is 246 g/mol. The summed E-state index contributed by atoms with van der Waals surface area (Å²) in [6, 6.07) is 1.97.